The SMILES string of the molecule is CCc1ccc(F)c(C(=O)CCN)c1F. The van der Waals surface area contributed by atoms with Crippen molar-refractivity contribution >= 4 is 5.78 Å². The Morgan fingerprint density at radius 2 is 2.07 bits per heavy atom. The summed E-state index contributed by atoms with van der Waals surface area (Å²) in [5.74, 6) is -2.15. The van der Waals surface area contributed by atoms with Gasteiger partial charge in [-0.1, -0.05) is 13.0 Å². The molecule has 1 aromatic carbocycles. The van der Waals surface area contributed by atoms with Gasteiger partial charge in [-0.15, -0.1) is 0 Å². The van der Waals surface area contributed by atoms with Crippen molar-refractivity contribution in [2.24, 2.45) is 5.73 Å². The molecule has 0 unspecified atom stereocenters. The first-order valence-electron chi connectivity index (χ1n) is 4.82. The molecule has 0 aliphatic rings. The van der Waals surface area contributed by atoms with Crippen molar-refractivity contribution < 1.29 is 13.6 Å². The number of aryl methyl sites for hydroxylation is 1. The zero-order valence-electron chi connectivity index (χ0n) is 8.52. The van der Waals surface area contributed by atoms with Crippen molar-refractivity contribution in [2.45, 2.75) is 19.8 Å². The number of Topliss-reactive ketones (excluding diaryl/α,β-unsaturated/α-hetero) is 1. The monoisotopic (exact) mass is 213 g/mol. The Labute approximate surface area is 87.1 Å². The summed E-state index contributed by atoms with van der Waals surface area (Å²) in [4.78, 5) is 11.4. The maximum Gasteiger partial charge on any atom is 0.170 e. The van der Waals surface area contributed by atoms with Crippen molar-refractivity contribution in [1.29, 1.82) is 0 Å². The number of carbonyl (C=O) groups is 1. The molecule has 2 N–H and O–H groups in total. The normalized spacial score (nSPS) is 10.4. The van der Waals surface area contributed by atoms with Gasteiger partial charge in [0.25, 0.3) is 0 Å². The fraction of sp³-hybridized carbons (Fsp3) is 0.364. The molecule has 0 spiro atoms. The van der Waals surface area contributed by atoms with Crippen LogP contribution in [0.4, 0.5) is 8.78 Å². The number of rotatable bonds is 4. The molecule has 0 atom stereocenters. The molecule has 1 rings (SSSR count). The van der Waals surface area contributed by atoms with Crippen LogP contribution >= 0.6 is 0 Å². The summed E-state index contributed by atoms with van der Waals surface area (Å²) in [6, 6.07) is 2.47. The molecule has 0 aliphatic heterocycles. The van der Waals surface area contributed by atoms with Gasteiger partial charge in [0.2, 0.25) is 0 Å². The minimum Gasteiger partial charge on any atom is -0.330 e. The van der Waals surface area contributed by atoms with Crippen LogP contribution in [0.25, 0.3) is 0 Å². The summed E-state index contributed by atoms with van der Waals surface area (Å²) in [6.45, 7) is 1.83. The lowest BCUT2D eigenvalue weighted by molar-refractivity contribution is 0.0977. The molecule has 0 saturated heterocycles. The summed E-state index contributed by atoms with van der Waals surface area (Å²) in [6.07, 6.45) is 0.385. The van der Waals surface area contributed by atoms with Gasteiger partial charge in [0.05, 0.1) is 5.56 Å². The first kappa shape index (κ1) is 11.8. The van der Waals surface area contributed by atoms with Crippen LogP contribution in [0, 0.1) is 11.6 Å². The van der Waals surface area contributed by atoms with E-state index in [9.17, 15) is 13.6 Å². The number of ketones is 1. The van der Waals surface area contributed by atoms with Crippen LogP contribution in [0.5, 0.6) is 0 Å². The van der Waals surface area contributed by atoms with Crippen LogP contribution in [0.2, 0.25) is 0 Å². The van der Waals surface area contributed by atoms with Gasteiger partial charge in [-0.25, -0.2) is 8.78 Å². The maximum atomic E-state index is 13.6. The second-order valence-corrected chi connectivity index (χ2v) is 3.21. The molecule has 15 heavy (non-hydrogen) atoms. The van der Waals surface area contributed by atoms with Crippen molar-refractivity contribution in [3.05, 3.63) is 34.9 Å². The first-order valence-corrected chi connectivity index (χ1v) is 4.82. The molecule has 0 radical (unpaired) electrons. The molecule has 82 valence electrons. The van der Waals surface area contributed by atoms with Crippen LogP contribution in [-0.4, -0.2) is 12.3 Å². The minimum absolute atomic E-state index is 0.0407. The zero-order valence-corrected chi connectivity index (χ0v) is 8.52. The third-order valence-electron chi connectivity index (χ3n) is 2.20. The predicted molar refractivity (Wildman–Crippen MR) is 53.7 cm³/mol. The van der Waals surface area contributed by atoms with Crippen LogP contribution in [0.15, 0.2) is 12.1 Å². The highest BCUT2D eigenvalue weighted by molar-refractivity contribution is 5.96. The van der Waals surface area contributed by atoms with E-state index in [4.69, 9.17) is 5.73 Å². The Morgan fingerprint density at radius 1 is 1.40 bits per heavy atom. The van der Waals surface area contributed by atoms with Crippen LogP contribution in [0.3, 0.4) is 0 Å². The van der Waals surface area contributed by atoms with Gasteiger partial charge in [0.15, 0.2) is 5.78 Å². The average Bonchev–Trinajstić information content (AvgIpc) is 2.18. The second kappa shape index (κ2) is 4.98. The molecule has 2 nitrogen and oxygen atoms in total. The van der Waals surface area contributed by atoms with Gasteiger partial charge in [0.1, 0.15) is 11.6 Å². The fourth-order valence-electron chi connectivity index (χ4n) is 1.38. The molecule has 0 bridgehead atoms. The van der Waals surface area contributed by atoms with Gasteiger partial charge in [-0.3, -0.25) is 4.79 Å². The van der Waals surface area contributed by atoms with Crippen LogP contribution in [-0.2, 0) is 6.42 Å². The van der Waals surface area contributed by atoms with Gasteiger partial charge in [-0.2, -0.15) is 0 Å². The second-order valence-electron chi connectivity index (χ2n) is 3.21. The molecule has 0 aliphatic carbocycles. The number of carbonyl (C=O) groups excluding carboxylic acids is 1. The zero-order chi connectivity index (χ0) is 11.4. The highest BCUT2D eigenvalue weighted by Crippen LogP contribution is 2.18. The van der Waals surface area contributed by atoms with Crippen molar-refractivity contribution in [3.8, 4) is 0 Å². The van der Waals surface area contributed by atoms with E-state index in [0.29, 0.717) is 12.0 Å². The summed E-state index contributed by atoms with van der Waals surface area (Å²) >= 11 is 0. The summed E-state index contributed by atoms with van der Waals surface area (Å²) in [5, 5.41) is 0. The lowest BCUT2D eigenvalue weighted by atomic mass is 10.0. The summed E-state index contributed by atoms with van der Waals surface area (Å²) in [5.41, 5.74) is 5.06. The average molecular weight is 213 g/mol. The number of halogens is 2. The van der Waals surface area contributed by atoms with E-state index in [-0.39, 0.29) is 13.0 Å². The molecule has 0 saturated carbocycles. The molecule has 1 aromatic rings. The molecular formula is C11H13F2NO. The summed E-state index contributed by atoms with van der Waals surface area (Å²) < 4.78 is 26.8. The van der Waals surface area contributed by atoms with Crippen molar-refractivity contribution in [2.75, 3.05) is 6.54 Å². The van der Waals surface area contributed by atoms with Crippen LogP contribution in [0.1, 0.15) is 29.3 Å². The fourth-order valence-corrected chi connectivity index (χ4v) is 1.38. The number of benzene rings is 1. The third-order valence-corrected chi connectivity index (χ3v) is 2.20. The van der Waals surface area contributed by atoms with Gasteiger partial charge in [-0.05, 0) is 24.6 Å². The Bertz CT molecular complexity index is 377. The Balaban J connectivity index is 3.20. The molecule has 4 heteroatoms. The number of hydrogen-bond acceptors (Lipinski definition) is 2. The van der Waals surface area contributed by atoms with E-state index in [2.05, 4.69) is 0 Å². The van der Waals surface area contributed by atoms with E-state index in [1.807, 2.05) is 0 Å². The lowest BCUT2D eigenvalue weighted by Crippen LogP contribution is -2.13. The lowest BCUT2D eigenvalue weighted by Gasteiger charge is -2.06. The van der Waals surface area contributed by atoms with E-state index in [1.54, 1.807) is 6.92 Å². The third kappa shape index (κ3) is 2.39. The van der Waals surface area contributed by atoms with Crippen LogP contribution < -0.4 is 5.73 Å². The van der Waals surface area contributed by atoms with Gasteiger partial charge < -0.3 is 5.73 Å². The van der Waals surface area contributed by atoms with E-state index < -0.39 is 23.0 Å². The van der Waals surface area contributed by atoms with E-state index >= 15 is 0 Å². The Morgan fingerprint density at radius 3 is 2.60 bits per heavy atom. The molecule has 0 heterocycles. The maximum absolute atomic E-state index is 13.6. The quantitative estimate of drug-likeness (QED) is 0.778. The standard InChI is InChI=1S/C11H13F2NO/c1-2-7-3-4-8(12)10(11(7)13)9(15)5-6-14/h3-4H,2,5-6,14H2,1H3. The molecule has 0 aromatic heterocycles. The van der Waals surface area contributed by atoms with Crippen molar-refractivity contribution in [1.82, 2.24) is 0 Å². The van der Waals surface area contributed by atoms with E-state index in [0.717, 1.165) is 6.07 Å². The van der Waals surface area contributed by atoms with Gasteiger partial charge in [0, 0.05) is 6.42 Å². The van der Waals surface area contributed by atoms with Crippen molar-refractivity contribution in [3.63, 3.8) is 0 Å². The van der Waals surface area contributed by atoms with Gasteiger partial charge >= 0.3 is 0 Å². The smallest absolute Gasteiger partial charge is 0.170 e. The Hall–Kier alpha value is -1.29. The predicted octanol–water partition coefficient (Wildman–Crippen LogP) is 2.06. The first-order chi connectivity index (χ1) is 7.11. The minimum atomic E-state index is -0.817. The highest BCUT2D eigenvalue weighted by atomic mass is 19.1. The van der Waals surface area contributed by atoms with E-state index in [1.165, 1.54) is 6.07 Å². The number of hydrogen-bond donors (Lipinski definition) is 1. The number of nitrogens with two attached hydrogens (primary N) is 1. The summed E-state index contributed by atoms with van der Waals surface area (Å²) in [7, 11) is 0. The molecular weight excluding hydrogens is 200 g/mol. The topological polar surface area (TPSA) is 43.1 Å². The molecule has 0 fully saturated rings. The largest absolute Gasteiger partial charge is 0.330 e. The Kier molecular flexibility index (Phi) is 3.91. The molecule has 0 amide bonds. The highest BCUT2D eigenvalue weighted by Gasteiger charge is 2.18.